The zero-order chi connectivity index (χ0) is 19.7. The summed E-state index contributed by atoms with van der Waals surface area (Å²) in [6.45, 7) is 4.13. The Kier molecular flexibility index (Phi) is 5.24. The molecule has 0 radical (unpaired) electrons. The molecule has 0 aliphatic carbocycles. The molecule has 8 heteroatoms. The molecule has 2 aromatic heterocycles. The molecule has 1 saturated heterocycles. The van der Waals surface area contributed by atoms with Crippen LogP contribution in [-0.4, -0.2) is 47.1 Å². The summed E-state index contributed by atoms with van der Waals surface area (Å²) in [5.41, 5.74) is 1.95. The normalized spacial score (nSPS) is 14.4. The Morgan fingerprint density at radius 3 is 2.50 bits per heavy atom. The second-order valence-corrected chi connectivity index (χ2v) is 7.41. The van der Waals surface area contributed by atoms with Gasteiger partial charge in [0.15, 0.2) is 0 Å². The number of hydrogen-bond acceptors (Lipinski definition) is 5. The standard InChI is InChI=1S/C20H18Cl2N4O2/c1-13-17(18(24-28-13)14-5-3-2-4-6-14)20(27)26-9-7-25(8-10-26)19-16(22)11-15(21)12-23-19/h2-6,11-12H,7-10H2,1H3. The van der Waals surface area contributed by atoms with Crippen LogP contribution >= 0.6 is 23.2 Å². The van der Waals surface area contributed by atoms with E-state index in [0.717, 1.165) is 5.56 Å². The van der Waals surface area contributed by atoms with E-state index < -0.39 is 0 Å². The third-order valence-corrected chi connectivity index (χ3v) is 5.26. The van der Waals surface area contributed by atoms with Crippen molar-refractivity contribution < 1.29 is 9.32 Å². The van der Waals surface area contributed by atoms with Crippen LogP contribution in [0.4, 0.5) is 5.82 Å². The first-order valence-corrected chi connectivity index (χ1v) is 9.67. The number of anilines is 1. The number of piperazine rings is 1. The van der Waals surface area contributed by atoms with E-state index in [0.29, 0.717) is 59.1 Å². The van der Waals surface area contributed by atoms with Crippen LogP contribution in [0.15, 0.2) is 47.1 Å². The predicted octanol–water partition coefficient (Wildman–Crippen LogP) is 4.31. The number of amides is 1. The quantitative estimate of drug-likeness (QED) is 0.636. The molecule has 3 heterocycles. The Labute approximate surface area is 172 Å². The molecule has 0 atom stereocenters. The van der Waals surface area contributed by atoms with Gasteiger partial charge in [-0.25, -0.2) is 4.98 Å². The molecule has 0 unspecified atom stereocenters. The van der Waals surface area contributed by atoms with Crippen molar-refractivity contribution >= 4 is 34.9 Å². The van der Waals surface area contributed by atoms with Gasteiger partial charge in [-0.15, -0.1) is 0 Å². The van der Waals surface area contributed by atoms with E-state index in [4.69, 9.17) is 27.7 Å². The molecule has 1 amide bonds. The number of hydrogen-bond donors (Lipinski definition) is 0. The van der Waals surface area contributed by atoms with Crippen LogP contribution in [0, 0.1) is 6.92 Å². The summed E-state index contributed by atoms with van der Waals surface area (Å²) in [5.74, 6) is 1.13. The van der Waals surface area contributed by atoms with Gasteiger partial charge in [0.05, 0.1) is 10.0 Å². The van der Waals surface area contributed by atoms with Gasteiger partial charge in [0, 0.05) is 37.9 Å². The van der Waals surface area contributed by atoms with E-state index >= 15 is 0 Å². The number of aryl methyl sites for hydroxylation is 1. The molecule has 0 bridgehead atoms. The number of nitrogens with zero attached hydrogens (tertiary/aromatic N) is 4. The van der Waals surface area contributed by atoms with Crippen molar-refractivity contribution in [2.75, 3.05) is 31.1 Å². The highest BCUT2D eigenvalue weighted by Gasteiger charge is 2.29. The van der Waals surface area contributed by atoms with E-state index in [-0.39, 0.29) is 5.91 Å². The average Bonchev–Trinajstić information content (AvgIpc) is 3.10. The van der Waals surface area contributed by atoms with Crippen LogP contribution < -0.4 is 4.90 Å². The summed E-state index contributed by atoms with van der Waals surface area (Å²) in [6.07, 6.45) is 1.58. The molecular formula is C20H18Cl2N4O2. The second-order valence-electron chi connectivity index (χ2n) is 6.57. The van der Waals surface area contributed by atoms with Crippen LogP contribution in [0.3, 0.4) is 0 Å². The second kappa shape index (κ2) is 7.81. The summed E-state index contributed by atoms with van der Waals surface area (Å²) >= 11 is 12.2. The minimum atomic E-state index is -0.0765. The van der Waals surface area contributed by atoms with E-state index in [2.05, 4.69) is 15.0 Å². The van der Waals surface area contributed by atoms with Crippen molar-refractivity contribution in [3.8, 4) is 11.3 Å². The van der Waals surface area contributed by atoms with E-state index in [9.17, 15) is 4.79 Å². The lowest BCUT2D eigenvalue weighted by Gasteiger charge is -2.35. The van der Waals surface area contributed by atoms with Crippen molar-refractivity contribution in [3.63, 3.8) is 0 Å². The molecule has 1 aromatic carbocycles. The summed E-state index contributed by atoms with van der Waals surface area (Å²) in [7, 11) is 0. The largest absolute Gasteiger partial charge is 0.360 e. The number of rotatable bonds is 3. The minimum absolute atomic E-state index is 0.0765. The van der Waals surface area contributed by atoms with E-state index in [1.807, 2.05) is 35.2 Å². The van der Waals surface area contributed by atoms with Crippen molar-refractivity contribution in [2.24, 2.45) is 0 Å². The van der Waals surface area contributed by atoms with Crippen molar-refractivity contribution in [1.82, 2.24) is 15.0 Å². The lowest BCUT2D eigenvalue weighted by atomic mass is 10.0. The molecule has 0 spiro atoms. The zero-order valence-electron chi connectivity index (χ0n) is 15.2. The van der Waals surface area contributed by atoms with Crippen molar-refractivity contribution in [1.29, 1.82) is 0 Å². The maximum Gasteiger partial charge on any atom is 0.259 e. The fourth-order valence-corrected chi connectivity index (χ4v) is 3.84. The van der Waals surface area contributed by atoms with E-state index in [1.165, 1.54) is 0 Å². The topological polar surface area (TPSA) is 62.5 Å². The molecule has 28 heavy (non-hydrogen) atoms. The van der Waals surface area contributed by atoms with Gasteiger partial charge in [-0.3, -0.25) is 4.79 Å². The number of carbonyl (C=O) groups excluding carboxylic acids is 1. The Hall–Kier alpha value is -2.57. The fourth-order valence-electron chi connectivity index (χ4n) is 3.34. The number of benzene rings is 1. The molecule has 4 rings (SSSR count). The molecule has 3 aromatic rings. The van der Waals surface area contributed by atoms with E-state index in [1.54, 1.807) is 19.2 Å². The molecular weight excluding hydrogens is 399 g/mol. The monoisotopic (exact) mass is 416 g/mol. The zero-order valence-corrected chi connectivity index (χ0v) is 16.7. The summed E-state index contributed by atoms with van der Waals surface area (Å²) in [5, 5.41) is 5.12. The van der Waals surface area contributed by atoms with Gasteiger partial charge in [-0.1, -0.05) is 58.7 Å². The van der Waals surface area contributed by atoms with Crippen LogP contribution in [0.5, 0.6) is 0 Å². The molecule has 1 fully saturated rings. The smallest absolute Gasteiger partial charge is 0.259 e. The highest BCUT2D eigenvalue weighted by Crippen LogP contribution is 2.29. The Bertz CT molecular complexity index is 999. The first-order valence-electron chi connectivity index (χ1n) is 8.91. The maximum absolute atomic E-state index is 13.2. The minimum Gasteiger partial charge on any atom is -0.360 e. The fraction of sp³-hybridized carbons (Fsp3) is 0.250. The lowest BCUT2D eigenvalue weighted by molar-refractivity contribution is 0.0745. The Balaban J connectivity index is 1.52. The summed E-state index contributed by atoms with van der Waals surface area (Å²) in [4.78, 5) is 21.4. The summed E-state index contributed by atoms with van der Waals surface area (Å²) < 4.78 is 5.33. The molecule has 144 valence electrons. The highest BCUT2D eigenvalue weighted by molar-refractivity contribution is 6.36. The maximum atomic E-state index is 13.2. The van der Waals surface area contributed by atoms with Crippen LogP contribution in [-0.2, 0) is 0 Å². The third-order valence-electron chi connectivity index (χ3n) is 4.78. The van der Waals surface area contributed by atoms with Gasteiger partial charge >= 0.3 is 0 Å². The molecule has 1 aliphatic rings. The number of carbonyl (C=O) groups is 1. The van der Waals surface area contributed by atoms with Crippen LogP contribution in [0.2, 0.25) is 10.0 Å². The number of halogens is 2. The van der Waals surface area contributed by atoms with Gasteiger partial charge in [0.25, 0.3) is 5.91 Å². The highest BCUT2D eigenvalue weighted by atomic mass is 35.5. The van der Waals surface area contributed by atoms with Gasteiger partial charge in [-0.2, -0.15) is 0 Å². The van der Waals surface area contributed by atoms with Gasteiger partial charge in [0.2, 0.25) is 0 Å². The van der Waals surface area contributed by atoms with Crippen molar-refractivity contribution in [2.45, 2.75) is 6.92 Å². The molecule has 1 aliphatic heterocycles. The predicted molar refractivity (Wildman–Crippen MR) is 109 cm³/mol. The summed E-state index contributed by atoms with van der Waals surface area (Å²) in [6, 6.07) is 11.3. The van der Waals surface area contributed by atoms with Gasteiger partial charge in [-0.05, 0) is 13.0 Å². The first-order chi connectivity index (χ1) is 13.5. The number of pyridine rings is 1. The Morgan fingerprint density at radius 2 is 1.82 bits per heavy atom. The molecule has 0 N–H and O–H groups in total. The van der Waals surface area contributed by atoms with Gasteiger partial charge in [0.1, 0.15) is 22.8 Å². The van der Waals surface area contributed by atoms with Gasteiger partial charge < -0.3 is 14.3 Å². The molecule has 6 nitrogen and oxygen atoms in total. The lowest BCUT2D eigenvalue weighted by Crippen LogP contribution is -2.49. The molecule has 0 saturated carbocycles. The average molecular weight is 417 g/mol. The number of aromatic nitrogens is 2. The SMILES string of the molecule is Cc1onc(-c2ccccc2)c1C(=O)N1CCN(c2ncc(Cl)cc2Cl)CC1. The Morgan fingerprint density at radius 1 is 1.11 bits per heavy atom. The van der Waals surface area contributed by atoms with Crippen LogP contribution in [0.25, 0.3) is 11.3 Å². The first kappa shape index (κ1) is 18.8. The third kappa shape index (κ3) is 3.57. The van der Waals surface area contributed by atoms with Crippen molar-refractivity contribution in [3.05, 3.63) is 64.0 Å². The van der Waals surface area contributed by atoms with Crippen LogP contribution in [0.1, 0.15) is 16.1 Å².